The zero-order valence-electron chi connectivity index (χ0n) is 27.4. The highest BCUT2D eigenvalue weighted by Crippen LogP contribution is 2.41. The highest BCUT2D eigenvalue weighted by molar-refractivity contribution is 6.90. The number of anilines is 3. The lowest BCUT2D eigenvalue weighted by Crippen LogP contribution is -2.44. The van der Waals surface area contributed by atoms with Gasteiger partial charge in [-0.2, -0.15) is 10.1 Å². The van der Waals surface area contributed by atoms with Crippen LogP contribution in [0.3, 0.4) is 0 Å². The van der Waals surface area contributed by atoms with Crippen molar-refractivity contribution in [1.29, 1.82) is 0 Å². The maximum Gasteiger partial charge on any atom is 0.253 e. The molecular formula is C34H46N8OSi. The number of rotatable bonds is 8. The summed E-state index contributed by atoms with van der Waals surface area (Å²) in [4.78, 5) is 28.0. The smallest absolute Gasteiger partial charge is 0.253 e. The van der Waals surface area contributed by atoms with Crippen molar-refractivity contribution in [2.24, 2.45) is 7.05 Å². The van der Waals surface area contributed by atoms with Crippen LogP contribution in [0, 0.1) is 11.5 Å². The summed E-state index contributed by atoms with van der Waals surface area (Å²) >= 11 is 0. The SMILES string of the molecule is CC(C)[Si](C#Cc1cc(=O)n(Cc2ccn(C)n2)c2nc(Nc3ccc(N4CCN(C)CC4)cc3)ncc12)(C(C)C)C(C)C. The van der Waals surface area contributed by atoms with Crippen molar-refractivity contribution in [2.75, 3.05) is 43.4 Å². The number of pyridine rings is 1. The summed E-state index contributed by atoms with van der Waals surface area (Å²) in [6.07, 6.45) is 3.68. The Balaban J connectivity index is 1.54. The molecule has 5 rings (SSSR count). The molecule has 4 aromatic rings. The van der Waals surface area contributed by atoms with E-state index in [-0.39, 0.29) is 5.56 Å². The predicted molar refractivity (Wildman–Crippen MR) is 183 cm³/mol. The van der Waals surface area contributed by atoms with Gasteiger partial charge in [0.05, 0.1) is 17.6 Å². The lowest BCUT2D eigenvalue weighted by Gasteiger charge is -2.38. The lowest BCUT2D eigenvalue weighted by atomic mass is 10.2. The fourth-order valence-corrected chi connectivity index (χ4v) is 12.0. The second-order valence-corrected chi connectivity index (χ2v) is 18.6. The minimum Gasteiger partial charge on any atom is -0.369 e. The van der Waals surface area contributed by atoms with Gasteiger partial charge in [-0.3, -0.25) is 14.0 Å². The first-order valence-corrected chi connectivity index (χ1v) is 17.9. The number of aryl methyl sites for hydroxylation is 1. The number of piperazine rings is 1. The minimum absolute atomic E-state index is 0.153. The Morgan fingerprint density at radius 3 is 2.18 bits per heavy atom. The fraction of sp³-hybridized carbons (Fsp3) is 0.471. The molecule has 4 heterocycles. The van der Waals surface area contributed by atoms with Gasteiger partial charge in [0.1, 0.15) is 13.7 Å². The van der Waals surface area contributed by atoms with Crippen molar-refractivity contribution in [1.82, 2.24) is 29.2 Å². The normalized spacial score (nSPS) is 14.5. The summed E-state index contributed by atoms with van der Waals surface area (Å²) in [5.74, 6) is 3.92. The van der Waals surface area contributed by atoms with Crippen LogP contribution in [0.5, 0.6) is 0 Å². The van der Waals surface area contributed by atoms with Gasteiger partial charge in [0, 0.05) is 68.6 Å². The van der Waals surface area contributed by atoms with Gasteiger partial charge >= 0.3 is 0 Å². The molecule has 1 aliphatic heterocycles. The molecule has 0 amide bonds. The van der Waals surface area contributed by atoms with Crippen molar-refractivity contribution in [2.45, 2.75) is 64.7 Å². The molecule has 232 valence electrons. The summed E-state index contributed by atoms with van der Waals surface area (Å²) in [7, 11) is 2.02. The Hall–Kier alpha value is -3.94. The summed E-state index contributed by atoms with van der Waals surface area (Å²) in [6, 6.07) is 11.9. The van der Waals surface area contributed by atoms with Crippen molar-refractivity contribution >= 4 is 36.4 Å². The Kier molecular flexibility index (Phi) is 9.28. The van der Waals surface area contributed by atoms with Gasteiger partial charge in [0.25, 0.3) is 5.56 Å². The number of fused-ring (bicyclic) bond motifs is 1. The van der Waals surface area contributed by atoms with E-state index in [1.807, 2.05) is 19.3 Å². The number of benzene rings is 1. The van der Waals surface area contributed by atoms with E-state index in [0.717, 1.165) is 42.9 Å². The number of nitrogens with one attached hydrogen (secondary N) is 1. The molecule has 3 aromatic heterocycles. The number of nitrogens with zero attached hydrogens (tertiary/aromatic N) is 7. The fourth-order valence-electron chi connectivity index (χ4n) is 6.74. The van der Waals surface area contributed by atoms with Crippen molar-refractivity contribution in [3.05, 3.63) is 70.4 Å². The van der Waals surface area contributed by atoms with Crippen LogP contribution in [0.15, 0.2) is 53.6 Å². The van der Waals surface area contributed by atoms with E-state index >= 15 is 0 Å². The van der Waals surface area contributed by atoms with Crippen LogP contribution in [-0.2, 0) is 13.6 Å². The molecule has 1 fully saturated rings. The van der Waals surface area contributed by atoms with Crippen LogP contribution in [0.4, 0.5) is 17.3 Å². The molecule has 1 N–H and O–H groups in total. The van der Waals surface area contributed by atoms with E-state index < -0.39 is 8.07 Å². The first-order valence-electron chi connectivity index (χ1n) is 15.7. The van der Waals surface area contributed by atoms with Gasteiger partial charge < -0.3 is 15.1 Å². The van der Waals surface area contributed by atoms with Crippen LogP contribution in [0.1, 0.15) is 52.8 Å². The highest BCUT2D eigenvalue weighted by atomic mass is 28.3. The molecule has 1 aliphatic rings. The summed E-state index contributed by atoms with van der Waals surface area (Å²) in [6.45, 7) is 18.2. The zero-order chi connectivity index (χ0) is 31.6. The topological polar surface area (TPSA) is 84.1 Å². The van der Waals surface area contributed by atoms with Crippen molar-refractivity contribution < 1.29 is 0 Å². The highest BCUT2D eigenvalue weighted by Gasteiger charge is 2.41. The monoisotopic (exact) mass is 610 g/mol. The van der Waals surface area contributed by atoms with Crippen LogP contribution in [-0.4, -0.2) is 70.5 Å². The van der Waals surface area contributed by atoms with Crippen molar-refractivity contribution in [3.8, 4) is 11.5 Å². The molecule has 9 nitrogen and oxygen atoms in total. The number of hydrogen-bond acceptors (Lipinski definition) is 7. The second-order valence-electron chi connectivity index (χ2n) is 13.0. The Bertz CT molecular complexity index is 1700. The van der Waals surface area contributed by atoms with Gasteiger partial charge in [-0.1, -0.05) is 47.5 Å². The van der Waals surface area contributed by atoms with Gasteiger partial charge in [-0.15, -0.1) is 5.54 Å². The molecule has 0 unspecified atom stereocenters. The quantitative estimate of drug-likeness (QED) is 0.204. The molecule has 0 aliphatic carbocycles. The summed E-state index contributed by atoms with van der Waals surface area (Å²) in [5.41, 5.74) is 9.19. The van der Waals surface area contributed by atoms with E-state index in [1.165, 1.54) is 5.69 Å². The Labute approximate surface area is 262 Å². The molecule has 0 spiro atoms. The van der Waals surface area contributed by atoms with Gasteiger partial charge in [0.15, 0.2) is 0 Å². The van der Waals surface area contributed by atoms with Crippen LogP contribution in [0.2, 0.25) is 16.6 Å². The molecule has 44 heavy (non-hydrogen) atoms. The van der Waals surface area contributed by atoms with Crippen LogP contribution < -0.4 is 15.8 Å². The number of aromatic nitrogens is 5. The van der Waals surface area contributed by atoms with Crippen LogP contribution in [0.25, 0.3) is 11.0 Å². The Morgan fingerprint density at radius 1 is 0.932 bits per heavy atom. The summed E-state index contributed by atoms with van der Waals surface area (Å²) in [5, 5.41) is 8.64. The predicted octanol–water partition coefficient (Wildman–Crippen LogP) is 5.64. The van der Waals surface area contributed by atoms with Gasteiger partial charge in [-0.25, -0.2) is 4.98 Å². The molecule has 0 bridgehead atoms. The average Bonchev–Trinajstić information content (AvgIpc) is 3.40. The van der Waals surface area contributed by atoms with E-state index in [0.29, 0.717) is 40.3 Å². The average molecular weight is 611 g/mol. The molecular weight excluding hydrogens is 565 g/mol. The molecule has 1 aromatic carbocycles. The lowest BCUT2D eigenvalue weighted by molar-refractivity contribution is 0.313. The number of hydrogen-bond donors (Lipinski definition) is 1. The standard InChI is InChI=1S/C34H46N8OSi/c1-24(2)44(25(3)4,26(5)6)20-14-27-21-32(43)42(23-29-13-15-40(8)38-29)33-31(27)22-35-34(37-33)36-28-9-11-30(12-10-28)41-18-16-39(7)17-19-41/h9-13,15,21-22,24-26H,16-19,23H2,1-8H3,(H,35,36,37). The molecule has 1 saturated heterocycles. The third-order valence-electron chi connectivity index (χ3n) is 9.21. The third-order valence-corrected chi connectivity index (χ3v) is 15.5. The van der Waals surface area contributed by atoms with Gasteiger partial charge in [0.2, 0.25) is 5.95 Å². The van der Waals surface area contributed by atoms with Crippen molar-refractivity contribution in [3.63, 3.8) is 0 Å². The molecule has 0 saturated carbocycles. The third kappa shape index (κ3) is 6.44. The maximum absolute atomic E-state index is 13.7. The first kappa shape index (κ1) is 31.5. The minimum atomic E-state index is -2.01. The van der Waals surface area contributed by atoms with E-state index in [9.17, 15) is 4.79 Å². The molecule has 10 heteroatoms. The largest absolute Gasteiger partial charge is 0.369 e. The van der Waals surface area contributed by atoms with E-state index in [2.05, 4.69) is 110 Å². The van der Waals surface area contributed by atoms with E-state index in [1.54, 1.807) is 21.5 Å². The first-order chi connectivity index (χ1) is 21.0. The van der Waals surface area contributed by atoms with E-state index in [4.69, 9.17) is 4.98 Å². The Morgan fingerprint density at radius 2 is 1.59 bits per heavy atom. The van der Waals surface area contributed by atoms with Gasteiger partial charge in [-0.05, 0) is 54.0 Å². The maximum atomic E-state index is 13.7. The zero-order valence-corrected chi connectivity index (χ0v) is 28.4. The van der Waals surface area contributed by atoms with Crippen LogP contribution >= 0.6 is 0 Å². The summed E-state index contributed by atoms with van der Waals surface area (Å²) < 4.78 is 3.41. The number of likely N-dealkylation sites (N-methyl/N-ethyl adjacent to an activating group) is 1. The second kappa shape index (κ2) is 13.0. The molecule has 0 radical (unpaired) electrons. The molecule has 0 atom stereocenters.